The van der Waals surface area contributed by atoms with Crippen molar-refractivity contribution in [3.63, 3.8) is 0 Å². The van der Waals surface area contributed by atoms with E-state index in [1.807, 2.05) is 36.2 Å². The molecule has 0 radical (unpaired) electrons. The predicted molar refractivity (Wildman–Crippen MR) is 116 cm³/mol. The van der Waals surface area contributed by atoms with E-state index in [1.54, 1.807) is 11.2 Å². The number of nitrogens with one attached hydrogen (secondary N) is 1. The summed E-state index contributed by atoms with van der Waals surface area (Å²) in [5, 5.41) is 5.45. The standard InChI is InChI=1S/C8H13NO.C7H8ClN.C6H13N3/c1-6-2-7-4-8(3-6)9(7)5-10;1-9-7-4-2-6(8)3-5-7;7-4-5-9(8)6-2-1-3-6/h5-8H,2-4H2,1H3;2-5,9H,1H3;4-6H,1-3,7-8H2/b;;5-4-/t6?,7-,8?;;/m1../s1. The van der Waals surface area contributed by atoms with Gasteiger partial charge in [-0.1, -0.05) is 18.5 Å². The molecule has 1 aromatic carbocycles. The van der Waals surface area contributed by atoms with Crippen molar-refractivity contribution in [2.24, 2.45) is 17.5 Å². The van der Waals surface area contributed by atoms with Crippen LogP contribution >= 0.6 is 11.6 Å². The average molecular weight is 408 g/mol. The number of anilines is 1. The normalized spacial score (nSPS) is 25.3. The van der Waals surface area contributed by atoms with Gasteiger partial charge < -0.3 is 21.0 Å². The molecule has 2 aliphatic heterocycles. The third kappa shape index (κ3) is 6.31. The quantitative estimate of drug-likeness (QED) is 0.403. The Labute approximate surface area is 173 Å². The molecular formula is C21H34ClN5O. The van der Waals surface area contributed by atoms with Gasteiger partial charge in [-0.25, -0.2) is 5.84 Å². The fourth-order valence-corrected chi connectivity index (χ4v) is 4.00. The third-order valence-corrected chi connectivity index (χ3v) is 6.00. The van der Waals surface area contributed by atoms with Gasteiger partial charge in [0.15, 0.2) is 0 Å². The lowest BCUT2D eigenvalue weighted by atomic mass is 9.75. The van der Waals surface area contributed by atoms with Crippen LogP contribution < -0.4 is 16.9 Å². The van der Waals surface area contributed by atoms with Crippen LogP contribution in [-0.2, 0) is 4.79 Å². The highest BCUT2D eigenvalue weighted by atomic mass is 35.5. The Kier molecular flexibility index (Phi) is 8.93. The van der Waals surface area contributed by atoms with E-state index in [4.69, 9.17) is 23.2 Å². The van der Waals surface area contributed by atoms with Crippen LogP contribution in [0, 0.1) is 5.92 Å². The average Bonchev–Trinajstić information content (AvgIpc) is 2.62. The molecule has 2 bridgehead atoms. The van der Waals surface area contributed by atoms with Gasteiger partial charge in [-0.15, -0.1) is 0 Å². The fourth-order valence-electron chi connectivity index (χ4n) is 3.87. The maximum atomic E-state index is 10.4. The second-order valence-electron chi connectivity index (χ2n) is 7.80. The summed E-state index contributed by atoms with van der Waals surface area (Å²) in [5.41, 5.74) is 6.23. The van der Waals surface area contributed by atoms with Gasteiger partial charge in [0.2, 0.25) is 6.41 Å². The van der Waals surface area contributed by atoms with E-state index in [1.165, 1.54) is 44.7 Å². The summed E-state index contributed by atoms with van der Waals surface area (Å²) in [7, 11) is 1.88. The summed E-state index contributed by atoms with van der Waals surface area (Å²) in [4.78, 5) is 12.4. The molecule has 6 nitrogen and oxygen atoms in total. The van der Waals surface area contributed by atoms with E-state index in [0.717, 1.165) is 23.0 Å². The smallest absolute Gasteiger partial charge is 0.210 e. The molecule has 4 fully saturated rings. The van der Waals surface area contributed by atoms with Crippen LogP contribution in [0.25, 0.3) is 0 Å². The van der Waals surface area contributed by atoms with Gasteiger partial charge in [-0.2, -0.15) is 0 Å². The minimum atomic E-state index is 0.546. The van der Waals surface area contributed by atoms with Crippen molar-refractivity contribution in [3.05, 3.63) is 41.7 Å². The Balaban J connectivity index is 0.000000151. The first-order chi connectivity index (χ1) is 13.5. The molecule has 1 aromatic rings. The molecule has 0 spiro atoms. The molecule has 4 aliphatic rings. The van der Waals surface area contributed by atoms with Gasteiger partial charge in [0.05, 0.1) is 0 Å². The maximum Gasteiger partial charge on any atom is 0.210 e. The molecule has 2 unspecified atom stereocenters. The lowest BCUT2D eigenvalue weighted by Gasteiger charge is -2.53. The van der Waals surface area contributed by atoms with Gasteiger partial charge in [0.1, 0.15) is 0 Å². The van der Waals surface area contributed by atoms with E-state index in [-0.39, 0.29) is 0 Å². The minimum absolute atomic E-state index is 0.546. The number of carbonyl (C=O) groups excluding carboxylic acids is 1. The highest BCUT2D eigenvalue weighted by Crippen LogP contribution is 2.39. The first-order valence-electron chi connectivity index (χ1n) is 10.1. The molecule has 1 amide bonds. The molecule has 156 valence electrons. The molecule has 2 saturated carbocycles. The largest absolute Gasteiger partial charge is 0.403 e. The van der Waals surface area contributed by atoms with Crippen molar-refractivity contribution in [1.29, 1.82) is 0 Å². The van der Waals surface area contributed by atoms with Crippen LogP contribution in [0.5, 0.6) is 0 Å². The summed E-state index contributed by atoms with van der Waals surface area (Å²) in [6.45, 7) is 2.28. The summed E-state index contributed by atoms with van der Waals surface area (Å²) in [6, 6.07) is 9.33. The van der Waals surface area contributed by atoms with E-state index in [9.17, 15) is 4.79 Å². The number of amides is 1. The van der Waals surface area contributed by atoms with Crippen LogP contribution in [0.1, 0.15) is 45.4 Å². The predicted octanol–water partition coefficient (Wildman–Crippen LogP) is 3.54. The van der Waals surface area contributed by atoms with E-state index in [2.05, 4.69) is 12.2 Å². The number of fused-ring (bicyclic) bond motifs is 2. The number of hydrogen-bond acceptors (Lipinski definition) is 5. The van der Waals surface area contributed by atoms with Crippen LogP contribution in [0.2, 0.25) is 5.02 Å². The second kappa shape index (κ2) is 11.2. The Morgan fingerprint density at radius 1 is 1.18 bits per heavy atom. The molecular weight excluding hydrogens is 374 g/mol. The number of hydrazine groups is 1. The Morgan fingerprint density at radius 2 is 1.79 bits per heavy atom. The van der Waals surface area contributed by atoms with Crippen LogP contribution in [0.3, 0.4) is 0 Å². The highest BCUT2D eigenvalue weighted by molar-refractivity contribution is 6.30. The first kappa shape index (κ1) is 22.4. The van der Waals surface area contributed by atoms with Crippen molar-refractivity contribution in [3.8, 4) is 0 Å². The number of carbonyl (C=O) groups is 1. The van der Waals surface area contributed by atoms with E-state index >= 15 is 0 Å². The Hall–Kier alpha value is -1.92. The van der Waals surface area contributed by atoms with Crippen molar-refractivity contribution >= 4 is 23.7 Å². The summed E-state index contributed by atoms with van der Waals surface area (Å²) in [5.74, 6) is 6.40. The van der Waals surface area contributed by atoms with Crippen molar-refractivity contribution in [1.82, 2.24) is 9.91 Å². The Bertz CT molecular complexity index is 608. The second-order valence-corrected chi connectivity index (χ2v) is 8.24. The van der Waals surface area contributed by atoms with Crippen molar-refractivity contribution in [2.75, 3.05) is 12.4 Å². The molecule has 2 aliphatic carbocycles. The summed E-state index contributed by atoms with van der Waals surface area (Å²) >= 11 is 5.64. The number of hydrogen-bond donors (Lipinski definition) is 3. The highest BCUT2D eigenvalue weighted by Gasteiger charge is 2.42. The lowest BCUT2D eigenvalue weighted by Crippen LogP contribution is -2.59. The SMILES string of the molecule is CC1CC2C[C@@H](C1)N2C=O.CNc1ccc(Cl)cc1.N/C=C\N(N)C1CCC1. The Morgan fingerprint density at radius 3 is 2.21 bits per heavy atom. The van der Waals surface area contributed by atoms with Gasteiger partial charge in [0.25, 0.3) is 0 Å². The number of rotatable bonds is 4. The number of piperidine rings is 1. The number of halogens is 1. The van der Waals surface area contributed by atoms with Crippen LogP contribution in [0.15, 0.2) is 36.7 Å². The molecule has 0 aromatic heterocycles. The zero-order valence-corrected chi connectivity index (χ0v) is 17.7. The lowest BCUT2D eigenvalue weighted by molar-refractivity contribution is -0.136. The topological polar surface area (TPSA) is 87.6 Å². The first-order valence-corrected chi connectivity index (χ1v) is 10.4. The van der Waals surface area contributed by atoms with E-state index < -0.39 is 0 Å². The van der Waals surface area contributed by atoms with E-state index in [0.29, 0.717) is 18.1 Å². The molecule has 5 N–H and O–H groups in total. The number of nitrogens with zero attached hydrogens (tertiary/aromatic N) is 2. The molecule has 3 atom stereocenters. The number of nitrogens with two attached hydrogens (primary N) is 2. The van der Waals surface area contributed by atoms with Gasteiger partial charge in [0, 0.05) is 48.3 Å². The van der Waals surface area contributed by atoms with Crippen LogP contribution in [-0.4, -0.2) is 41.5 Å². The molecule has 2 saturated heterocycles. The maximum absolute atomic E-state index is 10.4. The molecule has 2 heterocycles. The van der Waals surface area contributed by atoms with Gasteiger partial charge in [-0.3, -0.25) is 4.79 Å². The van der Waals surface area contributed by atoms with Gasteiger partial charge >= 0.3 is 0 Å². The molecule has 28 heavy (non-hydrogen) atoms. The summed E-state index contributed by atoms with van der Waals surface area (Å²) < 4.78 is 0. The van der Waals surface area contributed by atoms with Crippen LogP contribution in [0.4, 0.5) is 5.69 Å². The van der Waals surface area contributed by atoms with Crippen molar-refractivity contribution < 1.29 is 4.79 Å². The fraction of sp³-hybridized carbons (Fsp3) is 0.571. The number of benzene rings is 1. The molecule has 5 rings (SSSR count). The zero-order valence-electron chi connectivity index (χ0n) is 16.9. The zero-order chi connectivity index (χ0) is 20.5. The summed E-state index contributed by atoms with van der Waals surface area (Å²) in [6.07, 6.45) is 11.7. The van der Waals surface area contributed by atoms with Crippen molar-refractivity contribution in [2.45, 2.75) is 63.6 Å². The monoisotopic (exact) mass is 407 g/mol. The molecule has 7 heteroatoms. The third-order valence-electron chi connectivity index (χ3n) is 5.75. The minimum Gasteiger partial charge on any atom is -0.403 e. The van der Waals surface area contributed by atoms with Gasteiger partial charge in [-0.05, 0) is 68.7 Å².